The molecule has 4 fully saturated rings. The van der Waals surface area contributed by atoms with Crippen LogP contribution in [0.2, 0.25) is 0 Å². The van der Waals surface area contributed by atoms with Crippen molar-refractivity contribution in [3.63, 3.8) is 0 Å². The Morgan fingerprint density at radius 3 is 2.33 bits per heavy atom. The van der Waals surface area contributed by atoms with Crippen molar-refractivity contribution in [2.75, 3.05) is 0 Å². The van der Waals surface area contributed by atoms with Gasteiger partial charge in [0.2, 0.25) is 0 Å². The Hall–Kier alpha value is -0.600. The molecule has 0 aromatic rings. The van der Waals surface area contributed by atoms with Gasteiger partial charge in [-0.25, -0.2) is 4.39 Å². The van der Waals surface area contributed by atoms with Gasteiger partial charge in [-0.15, -0.1) is 0 Å². The molecule has 1 N–H and O–H groups in total. The number of carbonyl (C=O) groups is 1. The molecule has 2 nitrogen and oxygen atoms in total. The number of hydrogen-bond acceptors (Lipinski definition) is 1. The summed E-state index contributed by atoms with van der Waals surface area (Å²) in [6, 6.07) is 0. The van der Waals surface area contributed by atoms with E-state index >= 15 is 0 Å². The van der Waals surface area contributed by atoms with Crippen LogP contribution in [0, 0.1) is 17.3 Å². The molecule has 4 aliphatic rings. The number of alkyl halides is 1. The van der Waals surface area contributed by atoms with E-state index in [0.717, 1.165) is 19.3 Å². The largest absolute Gasteiger partial charge is 0.481 e. The van der Waals surface area contributed by atoms with E-state index in [4.69, 9.17) is 5.11 Å². The molecule has 4 atom stereocenters. The van der Waals surface area contributed by atoms with Gasteiger partial charge in [-0.1, -0.05) is 0 Å². The van der Waals surface area contributed by atoms with Gasteiger partial charge in [0.15, 0.2) is 0 Å². The SMILES string of the molecule is O=C(O)CC12C[C@@H]3C[C@@H](CC(F)(C3)C1)C2. The molecular weight excluding hydrogens is 195 g/mol. The van der Waals surface area contributed by atoms with Crippen molar-refractivity contribution in [1.82, 2.24) is 0 Å². The third-order valence-electron chi connectivity index (χ3n) is 4.64. The summed E-state index contributed by atoms with van der Waals surface area (Å²) in [5.74, 6) is 0.187. The Morgan fingerprint density at radius 1 is 1.27 bits per heavy atom. The number of carboxylic acid groups (broad SMARTS) is 1. The van der Waals surface area contributed by atoms with Gasteiger partial charge in [0.25, 0.3) is 0 Å². The molecule has 0 heterocycles. The second kappa shape index (κ2) is 2.74. The van der Waals surface area contributed by atoms with Crippen molar-refractivity contribution >= 4 is 5.97 Å². The van der Waals surface area contributed by atoms with Gasteiger partial charge >= 0.3 is 5.97 Å². The highest BCUT2D eigenvalue weighted by atomic mass is 19.1. The Kier molecular flexibility index (Phi) is 1.76. The van der Waals surface area contributed by atoms with Gasteiger partial charge in [0, 0.05) is 0 Å². The monoisotopic (exact) mass is 212 g/mol. The fraction of sp³-hybridized carbons (Fsp3) is 0.917. The topological polar surface area (TPSA) is 37.3 Å². The van der Waals surface area contributed by atoms with Crippen LogP contribution in [0.15, 0.2) is 0 Å². The summed E-state index contributed by atoms with van der Waals surface area (Å²) in [5.41, 5.74) is -1.20. The first-order valence-corrected chi connectivity index (χ1v) is 5.89. The minimum absolute atomic E-state index is 0.186. The number of halogens is 1. The van der Waals surface area contributed by atoms with Crippen molar-refractivity contribution in [2.45, 2.75) is 50.6 Å². The van der Waals surface area contributed by atoms with E-state index < -0.39 is 11.6 Å². The molecule has 3 heteroatoms. The van der Waals surface area contributed by atoms with Crippen molar-refractivity contribution in [2.24, 2.45) is 17.3 Å². The van der Waals surface area contributed by atoms with Crippen LogP contribution in [-0.4, -0.2) is 16.7 Å². The highest BCUT2D eigenvalue weighted by Gasteiger charge is 2.58. The summed E-state index contributed by atoms with van der Waals surface area (Å²) in [6.45, 7) is 0. The fourth-order valence-corrected chi connectivity index (χ4v) is 4.86. The van der Waals surface area contributed by atoms with Crippen LogP contribution in [0.5, 0.6) is 0 Å². The number of aliphatic carboxylic acids is 1. The quantitative estimate of drug-likeness (QED) is 0.764. The first-order chi connectivity index (χ1) is 6.99. The van der Waals surface area contributed by atoms with E-state index in [9.17, 15) is 9.18 Å². The smallest absolute Gasteiger partial charge is 0.303 e. The summed E-state index contributed by atoms with van der Waals surface area (Å²) in [6.07, 6.45) is 5.16. The third-order valence-corrected chi connectivity index (χ3v) is 4.64. The summed E-state index contributed by atoms with van der Waals surface area (Å²) in [5, 5.41) is 8.93. The molecule has 2 unspecified atom stereocenters. The average molecular weight is 212 g/mol. The van der Waals surface area contributed by atoms with Gasteiger partial charge in [0.05, 0.1) is 6.42 Å². The Morgan fingerprint density at radius 2 is 1.87 bits per heavy atom. The van der Waals surface area contributed by atoms with E-state index in [1.165, 1.54) is 0 Å². The zero-order valence-corrected chi connectivity index (χ0v) is 8.84. The zero-order chi connectivity index (χ0) is 10.7. The second-order valence-corrected chi connectivity index (χ2v) is 6.18. The predicted molar refractivity (Wildman–Crippen MR) is 53.2 cm³/mol. The minimum atomic E-state index is -1.01. The highest BCUT2D eigenvalue weighted by molar-refractivity contribution is 5.67. The van der Waals surface area contributed by atoms with Crippen LogP contribution in [0.3, 0.4) is 0 Å². The molecule has 4 saturated carbocycles. The Labute approximate surface area is 88.9 Å². The molecule has 4 bridgehead atoms. The van der Waals surface area contributed by atoms with Crippen molar-refractivity contribution in [1.29, 1.82) is 0 Å². The van der Waals surface area contributed by atoms with E-state index in [0.29, 0.717) is 31.1 Å². The molecule has 84 valence electrons. The molecule has 4 aliphatic carbocycles. The second-order valence-electron chi connectivity index (χ2n) is 6.18. The van der Waals surface area contributed by atoms with Gasteiger partial charge in [-0.05, 0) is 55.8 Å². The van der Waals surface area contributed by atoms with Crippen LogP contribution in [-0.2, 0) is 4.79 Å². The molecule has 0 radical (unpaired) electrons. The Bertz CT molecular complexity index is 299. The molecule has 0 aliphatic heterocycles. The molecule has 4 rings (SSSR count). The number of rotatable bonds is 2. The normalized spacial score (nSPS) is 52.1. The van der Waals surface area contributed by atoms with Gasteiger partial charge in [-0.3, -0.25) is 4.79 Å². The lowest BCUT2D eigenvalue weighted by atomic mass is 9.48. The maximum Gasteiger partial charge on any atom is 0.303 e. The standard InChI is InChI=1S/C12H17FO2/c13-12-4-8-1-9(5-12)3-11(2-8,7-12)6-10(14)15/h8-9H,1-7H2,(H,14,15)/t8-,9+,11?,12?. The zero-order valence-electron chi connectivity index (χ0n) is 8.84. The Balaban J connectivity index is 1.89. The summed E-state index contributed by atoms with van der Waals surface area (Å²) < 4.78 is 14.4. The van der Waals surface area contributed by atoms with Gasteiger partial charge in [-0.2, -0.15) is 0 Å². The number of hydrogen-bond donors (Lipinski definition) is 1. The van der Waals surface area contributed by atoms with Crippen molar-refractivity contribution < 1.29 is 14.3 Å². The number of carboxylic acids is 1. The minimum Gasteiger partial charge on any atom is -0.481 e. The summed E-state index contributed by atoms with van der Waals surface area (Å²) >= 11 is 0. The summed E-state index contributed by atoms with van der Waals surface area (Å²) in [4.78, 5) is 10.9. The van der Waals surface area contributed by atoms with Crippen LogP contribution in [0.1, 0.15) is 44.9 Å². The lowest BCUT2D eigenvalue weighted by Gasteiger charge is -2.58. The first kappa shape index (κ1) is 9.61. The molecule has 0 amide bonds. The maximum atomic E-state index is 14.4. The van der Waals surface area contributed by atoms with Crippen LogP contribution in [0.25, 0.3) is 0 Å². The molecule has 0 spiro atoms. The van der Waals surface area contributed by atoms with Crippen LogP contribution >= 0.6 is 0 Å². The molecule has 0 saturated heterocycles. The van der Waals surface area contributed by atoms with E-state index in [2.05, 4.69) is 0 Å². The fourth-order valence-electron chi connectivity index (χ4n) is 4.86. The van der Waals surface area contributed by atoms with Gasteiger partial charge < -0.3 is 5.11 Å². The van der Waals surface area contributed by atoms with E-state index in [1.807, 2.05) is 0 Å². The molecule has 15 heavy (non-hydrogen) atoms. The lowest BCUT2D eigenvalue weighted by Crippen LogP contribution is -2.54. The third kappa shape index (κ3) is 1.47. The lowest BCUT2D eigenvalue weighted by molar-refractivity contribution is -0.154. The maximum absolute atomic E-state index is 14.4. The van der Waals surface area contributed by atoms with E-state index in [-0.39, 0.29) is 11.8 Å². The van der Waals surface area contributed by atoms with Crippen molar-refractivity contribution in [3.8, 4) is 0 Å². The molecule has 0 aromatic heterocycles. The van der Waals surface area contributed by atoms with Crippen molar-refractivity contribution in [3.05, 3.63) is 0 Å². The first-order valence-electron chi connectivity index (χ1n) is 5.89. The summed E-state index contributed by atoms with van der Waals surface area (Å²) in [7, 11) is 0. The average Bonchev–Trinajstić information content (AvgIpc) is 1.94. The van der Waals surface area contributed by atoms with E-state index in [1.54, 1.807) is 0 Å². The van der Waals surface area contributed by atoms with Gasteiger partial charge in [0.1, 0.15) is 5.67 Å². The molecular formula is C12H17FO2. The van der Waals surface area contributed by atoms with Crippen LogP contribution < -0.4 is 0 Å². The highest BCUT2D eigenvalue weighted by Crippen LogP contribution is 2.64. The predicted octanol–water partition coefficient (Wildman–Crippen LogP) is 2.77. The molecule has 0 aromatic carbocycles. The van der Waals surface area contributed by atoms with Crippen LogP contribution in [0.4, 0.5) is 4.39 Å².